The molecule has 8 heteroatoms. The molecule has 0 aliphatic heterocycles. The number of nitrogens with one attached hydrogen (secondary N) is 2. The van der Waals surface area contributed by atoms with Crippen LogP contribution in [0, 0.1) is 11.7 Å². The lowest BCUT2D eigenvalue weighted by Crippen LogP contribution is -2.40. The Bertz CT molecular complexity index is 618. The molecular weight excluding hydrogens is 420 g/mol. The molecule has 22 heavy (non-hydrogen) atoms. The number of rotatable bonds is 6. The maximum Gasteiger partial charge on any atom is 0.191 e. The van der Waals surface area contributed by atoms with E-state index in [0.29, 0.717) is 11.9 Å². The van der Waals surface area contributed by atoms with Gasteiger partial charge in [-0.05, 0) is 30.9 Å². The molecule has 0 spiro atoms. The van der Waals surface area contributed by atoms with E-state index in [1.54, 1.807) is 7.05 Å². The molecule has 0 aromatic heterocycles. The first-order valence-corrected chi connectivity index (χ1v) is 8.60. The normalized spacial score (nSPS) is 15.1. The highest BCUT2D eigenvalue weighted by Crippen LogP contribution is 2.27. The summed E-state index contributed by atoms with van der Waals surface area (Å²) in [6, 6.07) is 5.41. The zero-order valence-electron chi connectivity index (χ0n) is 12.4. The van der Waals surface area contributed by atoms with Gasteiger partial charge in [0.05, 0.1) is 5.75 Å². The fourth-order valence-corrected chi connectivity index (χ4v) is 3.14. The van der Waals surface area contributed by atoms with E-state index in [4.69, 9.17) is 0 Å². The highest BCUT2D eigenvalue weighted by atomic mass is 127. The van der Waals surface area contributed by atoms with Crippen LogP contribution in [-0.4, -0.2) is 40.3 Å². The number of halogens is 2. The fraction of sp³-hybridized carbons (Fsp3) is 0.500. The summed E-state index contributed by atoms with van der Waals surface area (Å²) in [5.41, 5.74) is 0. The van der Waals surface area contributed by atoms with Crippen LogP contribution in [-0.2, 0) is 9.84 Å². The number of hydrogen-bond donors (Lipinski definition) is 2. The summed E-state index contributed by atoms with van der Waals surface area (Å²) in [5.74, 6) is 0.378. The maximum absolute atomic E-state index is 13.5. The van der Waals surface area contributed by atoms with Crippen molar-refractivity contribution in [2.45, 2.75) is 17.7 Å². The molecule has 5 nitrogen and oxygen atoms in total. The second-order valence-electron chi connectivity index (χ2n) is 5.07. The van der Waals surface area contributed by atoms with Gasteiger partial charge in [0.15, 0.2) is 15.8 Å². The van der Waals surface area contributed by atoms with Crippen LogP contribution in [0.15, 0.2) is 34.2 Å². The molecule has 1 aromatic carbocycles. The lowest BCUT2D eigenvalue weighted by Gasteiger charge is -2.11. The number of aliphatic imine (C=N–C) groups is 1. The van der Waals surface area contributed by atoms with Gasteiger partial charge in [0, 0.05) is 20.1 Å². The highest BCUT2D eigenvalue weighted by Gasteiger charge is 2.21. The smallest absolute Gasteiger partial charge is 0.191 e. The van der Waals surface area contributed by atoms with Gasteiger partial charge >= 0.3 is 0 Å². The van der Waals surface area contributed by atoms with E-state index in [-0.39, 0.29) is 41.2 Å². The Labute approximate surface area is 147 Å². The predicted molar refractivity (Wildman–Crippen MR) is 96.0 cm³/mol. The Hall–Kier alpha value is -0.900. The summed E-state index contributed by atoms with van der Waals surface area (Å²) in [6.45, 7) is 1.03. The van der Waals surface area contributed by atoms with Crippen LogP contribution in [0.2, 0.25) is 0 Å². The summed E-state index contributed by atoms with van der Waals surface area (Å²) >= 11 is 0. The van der Waals surface area contributed by atoms with E-state index in [1.165, 1.54) is 31.0 Å². The van der Waals surface area contributed by atoms with Gasteiger partial charge in [-0.1, -0.05) is 12.1 Å². The van der Waals surface area contributed by atoms with Crippen molar-refractivity contribution < 1.29 is 12.8 Å². The first-order chi connectivity index (χ1) is 10.0. The van der Waals surface area contributed by atoms with E-state index in [1.807, 2.05) is 0 Å². The Morgan fingerprint density at radius 2 is 2.00 bits per heavy atom. The van der Waals surface area contributed by atoms with Gasteiger partial charge in [0.2, 0.25) is 0 Å². The topological polar surface area (TPSA) is 70.6 Å². The van der Waals surface area contributed by atoms with E-state index in [9.17, 15) is 12.8 Å². The second-order valence-corrected chi connectivity index (χ2v) is 7.15. The largest absolute Gasteiger partial charge is 0.356 e. The van der Waals surface area contributed by atoms with Gasteiger partial charge in [-0.2, -0.15) is 0 Å². The molecule has 1 aliphatic rings. The van der Waals surface area contributed by atoms with E-state index >= 15 is 0 Å². The molecular formula is C14H21FIN3O2S. The Balaban J connectivity index is 0.00000242. The summed E-state index contributed by atoms with van der Waals surface area (Å²) in [5, 5.41) is 6.07. The molecule has 0 amide bonds. The zero-order chi connectivity index (χ0) is 15.3. The molecule has 0 radical (unpaired) electrons. The van der Waals surface area contributed by atoms with Crippen molar-refractivity contribution in [3.63, 3.8) is 0 Å². The minimum atomic E-state index is -3.63. The standard InChI is InChI=1S/C14H20FN3O2S.HI/c1-16-14(18-10-11-6-7-11)17-8-9-21(19,20)13-5-3-2-4-12(13)15;/h2-5,11H,6-10H2,1H3,(H2,16,17,18);1H. The predicted octanol–water partition coefficient (Wildman–Crippen LogP) is 1.79. The van der Waals surface area contributed by atoms with Gasteiger partial charge in [-0.25, -0.2) is 12.8 Å². The minimum Gasteiger partial charge on any atom is -0.356 e. The van der Waals surface area contributed by atoms with Crippen molar-refractivity contribution in [3.05, 3.63) is 30.1 Å². The SMILES string of the molecule is CN=C(NCCS(=O)(=O)c1ccccc1F)NCC1CC1.I. The van der Waals surface area contributed by atoms with Crippen molar-refractivity contribution in [1.82, 2.24) is 10.6 Å². The molecule has 2 rings (SSSR count). The molecule has 2 N–H and O–H groups in total. The van der Waals surface area contributed by atoms with Gasteiger partial charge < -0.3 is 10.6 Å². The molecule has 0 atom stereocenters. The zero-order valence-corrected chi connectivity index (χ0v) is 15.5. The van der Waals surface area contributed by atoms with Gasteiger partial charge in [-0.3, -0.25) is 4.99 Å². The molecule has 124 valence electrons. The number of benzene rings is 1. The van der Waals surface area contributed by atoms with Crippen molar-refractivity contribution in [1.29, 1.82) is 0 Å². The van der Waals surface area contributed by atoms with Crippen molar-refractivity contribution in [2.75, 3.05) is 25.9 Å². The number of nitrogens with zero attached hydrogens (tertiary/aromatic N) is 1. The van der Waals surface area contributed by atoms with E-state index in [0.717, 1.165) is 12.6 Å². The quantitative estimate of drug-likeness (QED) is 0.401. The van der Waals surface area contributed by atoms with E-state index in [2.05, 4.69) is 15.6 Å². The Kier molecular flexibility index (Phi) is 7.54. The van der Waals surface area contributed by atoms with Crippen molar-refractivity contribution in [3.8, 4) is 0 Å². The number of guanidine groups is 1. The molecule has 0 saturated heterocycles. The maximum atomic E-state index is 13.5. The highest BCUT2D eigenvalue weighted by molar-refractivity contribution is 14.0. The fourth-order valence-electron chi connectivity index (χ4n) is 1.89. The lowest BCUT2D eigenvalue weighted by molar-refractivity contribution is 0.566. The summed E-state index contributed by atoms with van der Waals surface area (Å²) < 4.78 is 37.6. The van der Waals surface area contributed by atoms with Crippen LogP contribution in [0.25, 0.3) is 0 Å². The monoisotopic (exact) mass is 441 g/mol. The molecule has 1 saturated carbocycles. The van der Waals surface area contributed by atoms with Crippen LogP contribution in [0.4, 0.5) is 4.39 Å². The number of hydrogen-bond acceptors (Lipinski definition) is 3. The van der Waals surface area contributed by atoms with Crippen molar-refractivity contribution in [2.24, 2.45) is 10.9 Å². The van der Waals surface area contributed by atoms with Gasteiger partial charge in [0.1, 0.15) is 10.7 Å². The minimum absolute atomic E-state index is 0. The molecule has 1 aliphatic carbocycles. The average Bonchev–Trinajstić information content (AvgIpc) is 3.27. The second kappa shape index (κ2) is 8.66. The van der Waals surface area contributed by atoms with Crippen LogP contribution in [0.5, 0.6) is 0 Å². The summed E-state index contributed by atoms with van der Waals surface area (Å²) in [6.07, 6.45) is 2.46. The van der Waals surface area contributed by atoms with Crippen LogP contribution < -0.4 is 10.6 Å². The molecule has 0 bridgehead atoms. The van der Waals surface area contributed by atoms with Gasteiger partial charge in [0.25, 0.3) is 0 Å². The van der Waals surface area contributed by atoms with Crippen LogP contribution in [0.1, 0.15) is 12.8 Å². The lowest BCUT2D eigenvalue weighted by atomic mass is 10.3. The van der Waals surface area contributed by atoms with Crippen molar-refractivity contribution >= 4 is 39.8 Å². The van der Waals surface area contributed by atoms with Crippen LogP contribution >= 0.6 is 24.0 Å². The Morgan fingerprint density at radius 1 is 1.32 bits per heavy atom. The third kappa shape index (κ3) is 5.71. The average molecular weight is 441 g/mol. The first-order valence-electron chi connectivity index (χ1n) is 6.95. The van der Waals surface area contributed by atoms with E-state index < -0.39 is 15.7 Å². The number of sulfone groups is 1. The summed E-state index contributed by atoms with van der Waals surface area (Å²) in [4.78, 5) is 3.77. The summed E-state index contributed by atoms with van der Waals surface area (Å²) in [7, 11) is -2.00. The Morgan fingerprint density at radius 3 is 2.59 bits per heavy atom. The van der Waals surface area contributed by atoms with Crippen LogP contribution in [0.3, 0.4) is 0 Å². The molecule has 0 unspecified atom stereocenters. The molecule has 0 heterocycles. The third-order valence-corrected chi connectivity index (χ3v) is 5.06. The first kappa shape index (κ1) is 19.1. The molecule has 1 fully saturated rings. The third-order valence-electron chi connectivity index (χ3n) is 3.31. The van der Waals surface area contributed by atoms with Gasteiger partial charge in [-0.15, -0.1) is 24.0 Å². The molecule has 1 aromatic rings.